The molecule has 1 fully saturated rings. The summed E-state index contributed by atoms with van der Waals surface area (Å²) in [5.74, 6) is 1.09. The van der Waals surface area contributed by atoms with Gasteiger partial charge in [-0.2, -0.15) is 4.98 Å². The molecule has 1 spiro atoms. The van der Waals surface area contributed by atoms with Crippen LogP contribution in [0.4, 0.5) is 11.5 Å². The van der Waals surface area contributed by atoms with Crippen LogP contribution in [0.2, 0.25) is 0 Å². The van der Waals surface area contributed by atoms with Crippen LogP contribution in [-0.4, -0.2) is 29.5 Å². The maximum Gasteiger partial charge on any atom is 0.242 e. The van der Waals surface area contributed by atoms with Gasteiger partial charge in [0.25, 0.3) is 0 Å². The topological polar surface area (TPSA) is 76.1 Å². The van der Waals surface area contributed by atoms with Crippen molar-refractivity contribution in [2.45, 2.75) is 25.7 Å². The SMILES string of the molecule is COc1ncnc2c1NC(=O)C1(CCCC1)CN2. The van der Waals surface area contributed by atoms with Crippen molar-refractivity contribution < 1.29 is 9.53 Å². The van der Waals surface area contributed by atoms with Gasteiger partial charge < -0.3 is 15.4 Å². The van der Waals surface area contributed by atoms with Crippen molar-refractivity contribution in [2.75, 3.05) is 24.3 Å². The first-order chi connectivity index (χ1) is 8.75. The van der Waals surface area contributed by atoms with Gasteiger partial charge in [0, 0.05) is 6.54 Å². The summed E-state index contributed by atoms with van der Waals surface area (Å²) in [6.07, 6.45) is 5.50. The second-order valence-electron chi connectivity index (χ2n) is 4.90. The maximum absolute atomic E-state index is 12.4. The van der Waals surface area contributed by atoms with Crippen molar-refractivity contribution in [3.63, 3.8) is 0 Å². The number of carbonyl (C=O) groups excluding carboxylic acids is 1. The molecule has 0 radical (unpaired) electrons. The van der Waals surface area contributed by atoms with Crippen LogP contribution in [0.5, 0.6) is 5.88 Å². The fraction of sp³-hybridized carbons (Fsp3) is 0.583. The van der Waals surface area contributed by atoms with Crippen molar-refractivity contribution in [3.05, 3.63) is 6.33 Å². The van der Waals surface area contributed by atoms with E-state index in [9.17, 15) is 4.79 Å². The molecule has 18 heavy (non-hydrogen) atoms. The highest BCUT2D eigenvalue weighted by molar-refractivity contribution is 6.00. The molecule has 1 amide bonds. The Labute approximate surface area is 105 Å². The van der Waals surface area contributed by atoms with Crippen molar-refractivity contribution in [1.29, 1.82) is 0 Å². The third-order valence-corrected chi connectivity index (χ3v) is 3.88. The maximum atomic E-state index is 12.4. The van der Waals surface area contributed by atoms with Crippen molar-refractivity contribution >= 4 is 17.4 Å². The second-order valence-corrected chi connectivity index (χ2v) is 4.90. The molecule has 1 aromatic heterocycles. The molecule has 0 unspecified atom stereocenters. The predicted octanol–water partition coefficient (Wildman–Crippen LogP) is 1.41. The molecule has 1 saturated carbocycles. The number of hydrogen-bond donors (Lipinski definition) is 2. The van der Waals surface area contributed by atoms with Crippen LogP contribution in [0.25, 0.3) is 0 Å². The molecular formula is C12H16N4O2. The lowest BCUT2D eigenvalue weighted by Crippen LogP contribution is -2.37. The zero-order chi connectivity index (χ0) is 12.6. The Bertz CT molecular complexity index is 483. The van der Waals surface area contributed by atoms with E-state index in [0.29, 0.717) is 23.9 Å². The summed E-state index contributed by atoms with van der Waals surface area (Å²) in [6.45, 7) is 0.631. The number of nitrogens with one attached hydrogen (secondary N) is 2. The summed E-state index contributed by atoms with van der Waals surface area (Å²) in [5.41, 5.74) is 0.250. The van der Waals surface area contributed by atoms with Crippen molar-refractivity contribution in [3.8, 4) is 5.88 Å². The van der Waals surface area contributed by atoms with E-state index < -0.39 is 0 Å². The molecule has 0 saturated heterocycles. The number of anilines is 2. The van der Waals surface area contributed by atoms with Crippen LogP contribution < -0.4 is 15.4 Å². The van der Waals surface area contributed by atoms with E-state index in [1.54, 1.807) is 0 Å². The number of methoxy groups -OCH3 is 1. The molecular weight excluding hydrogens is 232 g/mol. The Hall–Kier alpha value is -1.85. The summed E-state index contributed by atoms with van der Waals surface area (Å²) in [6, 6.07) is 0. The van der Waals surface area contributed by atoms with Gasteiger partial charge in [0.1, 0.15) is 12.0 Å². The van der Waals surface area contributed by atoms with Crippen LogP contribution in [0.1, 0.15) is 25.7 Å². The van der Waals surface area contributed by atoms with Crippen LogP contribution >= 0.6 is 0 Å². The van der Waals surface area contributed by atoms with Crippen molar-refractivity contribution in [1.82, 2.24) is 9.97 Å². The number of hydrogen-bond acceptors (Lipinski definition) is 5. The highest BCUT2D eigenvalue weighted by atomic mass is 16.5. The summed E-state index contributed by atoms with van der Waals surface area (Å²) in [4.78, 5) is 20.6. The number of fused-ring (bicyclic) bond motifs is 1. The lowest BCUT2D eigenvalue weighted by atomic mass is 9.85. The smallest absolute Gasteiger partial charge is 0.242 e. The van der Waals surface area contributed by atoms with Gasteiger partial charge in [0.15, 0.2) is 5.82 Å². The van der Waals surface area contributed by atoms with Gasteiger partial charge in [0.05, 0.1) is 12.5 Å². The quantitative estimate of drug-likeness (QED) is 0.785. The van der Waals surface area contributed by atoms with E-state index in [2.05, 4.69) is 20.6 Å². The fourth-order valence-corrected chi connectivity index (χ4v) is 2.81. The molecule has 0 aromatic carbocycles. The molecule has 1 aliphatic heterocycles. The van der Waals surface area contributed by atoms with Gasteiger partial charge >= 0.3 is 0 Å². The highest BCUT2D eigenvalue weighted by Gasteiger charge is 2.43. The van der Waals surface area contributed by atoms with Crippen molar-refractivity contribution in [2.24, 2.45) is 5.41 Å². The molecule has 2 aliphatic rings. The largest absolute Gasteiger partial charge is 0.479 e. The zero-order valence-corrected chi connectivity index (χ0v) is 10.3. The Balaban J connectivity index is 1.98. The number of nitrogens with zero attached hydrogens (tertiary/aromatic N) is 2. The minimum absolute atomic E-state index is 0.0550. The standard InChI is InChI=1S/C12H16N4O2/c1-18-10-8-9(14-7-15-10)13-6-12(11(17)16-8)4-2-3-5-12/h7H,2-6H2,1H3,(H,16,17)(H,13,14,15). The van der Waals surface area contributed by atoms with E-state index in [1.165, 1.54) is 13.4 Å². The summed E-state index contributed by atoms with van der Waals surface area (Å²) >= 11 is 0. The highest BCUT2D eigenvalue weighted by Crippen LogP contribution is 2.42. The molecule has 2 heterocycles. The summed E-state index contributed by atoms with van der Waals surface area (Å²) in [5, 5.41) is 6.17. The monoisotopic (exact) mass is 248 g/mol. The zero-order valence-electron chi connectivity index (χ0n) is 10.3. The van der Waals surface area contributed by atoms with E-state index in [0.717, 1.165) is 25.7 Å². The van der Waals surface area contributed by atoms with E-state index in [1.807, 2.05) is 0 Å². The third kappa shape index (κ3) is 1.60. The van der Waals surface area contributed by atoms with Crippen LogP contribution in [-0.2, 0) is 4.79 Å². The van der Waals surface area contributed by atoms with Crippen LogP contribution in [0, 0.1) is 5.41 Å². The van der Waals surface area contributed by atoms with Gasteiger partial charge in [-0.05, 0) is 12.8 Å². The molecule has 1 aliphatic carbocycles. The fourth-order valence-electron chi connectivity index (χ4n) is 2.81. The van der Waals surface area contributed by atoms with Crippen LogP contribution in [0.15, 0.2) is 6.33 Å². The molecule has 3 rings (SSSR count). The number of carbonyl (C=O) groups is 1. The summed E-state index contributed by atoms with van der Waals surface area (Å²) in [7, 11) is 1.53. The Morgan fingerprint density at radius 3 is 2.83 bits per heavy atom. The van der Waals surface area contributed by atoms with E-state index in [-0.39, 0.29) is 11.3 Å². The van der Waals surface area contributed by atoms with E-state index >= 15 is 0 Å². The van der Waals surface area contributed by atoms with Gasteiger partial charge in [0.2, 0.25) is 11.8 Å². The Morgan fingerprint density at radius 1 is 1.33 bits per heavy atom. The average Bonchev–Trinajstić information content (AvgIpc) is 2.81. The molecule has 2 N–H and O–H groups in total. The van der Waals surface area contributed by atoms with Gasteiger partial charge in [-0.25, -0.2) is 4.98 Å². The molecule has 96 valence electrons. The average molecular weight is 248 g/mol. The first-order valence-electron chi connectivity index (χ1n) is 6.19. The lowest BCUT2D eigenvalue weighted by molar-refractivity contribution is -0.124. The Kier molecular flexibility index (Phi) is 2.57. The minimum atomic E-state index is -0.300. The first-order valence-corrected chi connectivity index (χ1v) is 6.19. The number of aromatic nitrogens is 2. The normalized spacial score (nSPS) is 20.8. The Morgan fingerprint density at radius 2 is 2.11 bits per heavy atom. The minimum Gasteiger partial charge on any atom is -0.479 e. The van der Waals surface area contributed by atoms with Gasteiger partial charge in [-0.15, -0.1) is 0 Å². The van der Waals surface area contributed by atoms with Crippen LogP contribution in [0.3, 0.4) is 0 Å². The number of amides is 1. The number of rotatable bonds is 1. The molecule has 1 aromatic rings. The molecule has 6 nitrogen and oxygen atoms in total. The lowest BCUT2D eigenvalue weighted by Gasteiger charge is -2.24. The molecule has 0 bridgehead atoms. The van der Waals surface area contributed by atoms with Gasteiger partial charge in [-0.3, -0.25) is 4.79 Å². The van der Waals surface area contributed by atoms with Gasteiger partial charge in [-0.1, -0.05) is 12.8 Å². The third-order valence-electron chi connectivity index (χ3n) is 3.88. The van der Waals surface area contributed by atoms with E-state index in [4.69, 9.17) is 4.74 Å². The summed E-state index contributed by atoms with van der Waals surface area (Å²) < 4.78 is 5.16. The number of ether oxygens (including phenoxy) is 1. The first kappa shape index (κ1) is 11.3. The molecule has 6 heteroatoms. The second kappa shape index (κ2) is 4.12. The predicted molar refractivity (Wildman–Crippen MR) is 66.6 cm³/mol. The molecule has 0 atom stereocenters.